The number of aliphatic carboxylic acids is 1. The first-order chi connectivity index (χ1) is 9.99. The minimum atomic E-state index is -0.800. The molecule has 0 heterocycles. The van der Waals surface area contributed by atoms with Crippen LogP contribution in [0.2, 0.25) is 0 Å². The Morgan fingerprint density at radius 3 is 2.62 bits per heavy atom. The van der Waals surface area contributed by atoms with E-state index in [9.17, 15) is 9.59 Å². The van der Waals surface area contributed by atoms with Gasteiger partial charge in [-0.05, 0) is 36.0 Å². The van der Waals surface area contributed by atoms with Gasteiger partial charge in [0.25, 0.3) is 0 Å². The predicted octanol–water partition coefficient (Wildman–Crippen LogP) is 2.89. The van der Waals surface area contributed by atoms with E-state index in [1.54, 1.807) is 0 Å². The van der Waals surface area contributed by atoms with Crippen molar-refractivity contribution in [2.75, 3.05) is 6.54 Å². The maximum absolute atomic E-state index is 11.8. The number of halogens is 1. The number of carbonyl (C=O) groups excluding carboxylic acids is 1. The van der Waals surface area contributed by atoms with Crippen molar-refractivity contribution in [3.63, 3.8) is 0 Å². The topological polar surface area (TPSA) is 78.4 Å². The summed E-state index contributed by atoms with van der Waals surface area (Å²) in [4.78, 5) is 22.7. The van der Waals surface area contributed by atoms with E-state index in [0.29, 0.717) is 13.1 Å². The molecule has 0 saturated heterocycles. The maximum Gasteiger partial charge on any atom is 0.315 e. The molecule has 1 aromatic carbocycles. The summed E-state index contributed by atoms with van der Waals surface area (Å²) in [5, 5.41) is 14.5. The highest BCUT2D eigenvalue weighted by Crippen LogP contribution is 2.43. The fraction of sp³-hybridized carbons (Fsp3) is 0.467. The van der Waals surface area contributed by atoms with Gasteiger partial charge in [0, 0.05) is 17.6 Å². The van der Waals surface area contributed by atoms with E-state index in [-0.39, 0.29) is 17.9 Å². The van der Waals surface area contributed by atoms with Crippen LogP contribution in [0.4, 0.5) is 4.79 Å². The largest absolute Gasteiger partial charge is 0.481 e. The van der Waals surface area contributed by atoms with Crippen LogP contribution in [-0.4, -0.2) is 23.7 Å². The second kappa shape index (κ2) is 6.93. The summed E-state index contributed by atoms with van der Waals surface area (Å²) >= 11 is 3.38. The zero-order chi connectivity index (χ0) is 15.3. The number of carboxylic acids is 1. The van der Waals surface area contributed by atoms with E-state index >= 15 is 0 Å². The van der Waals surface area contributed by atoms with Crippen molar-refractivity contribution >= 4 is 27.9 Å². The number of carbonyl (C=O) groups is 2. The van der Waals surface area contributed by atoms with Crippen molar-refractivity contribution in [1.29, 1.82) is 0 Å². The lowest BCUT2D eigenvalue weighted by molar-refractivity contribution is -0.141. The van der Waals surface area contributed by atoms with E-state index in [1.165, 1.54) is 0 Å². The number of hydrogen-bond donors (Lipinski definition) is 3. The normalized spacial score (nSPS) is 15.9. The predicted molar refractivity (Wildman–Crippen MR) is 82.9 cm³/mol. The quantitative estimate of drug-likeness (QED) is 0.734. The molecule has 5 nitrogen and oxygen atoms in total. The first kappa shape index (κ1) is 15.8. The van der Waals surface area contributed by atoms with Gasteiger partial charge < -0.3 is 15.7 Å². The highest BCUT2D eigenvalue weighted by Gasteiger charge is 2.39. The molecule has 0 spiro atoms. The van der Waals surface area contributed by atoms with Crippen molar-refractivity contribution in [3.8, 4) is 0 Å². The van der Waals surface area contributed by atoms with Gasteiger partial charge in [-0.25, -0.2) is 4.79 Å². The molecule has 0 aromatic heterocycles. The molecule has 114 valence electrons. The second-order valence-electron chi connectivity index (χ2n) is 5.59. The summed E-state index contributed by atoms with van der Waals surface area (Å²) < 4.78 is 0.970. The molecule has 1 saturated carbocycles. The summed E-state index contributed by atoms with van der Waals surface area (Å²) in [6.07, 6.45) is 2.89. The molecule has 6 heteroatoms. The SMILES string of the molecule is O=C(O)CC1(CNC(=O)NCc2cccc(Br)c2)CCC1. The molecule has 3 N–H and O–H groups in total. The fourth-order valence-corrected chi connectivity index (χ4v) is 3.02. The monoisotopic (exact) mass is 354 g/mol. The molecule has 0 radical (unpaired) electrons. The Bertz CT molecular complexity index is 529. The third kappa shape index (κ3) is 4.74. The Labute approximate surface area is 132 Å². The summed E-state index contributed by atoms with van der Waals surface area (Å²) in [5.41, 5.74) is 0.752. The van der Waals surface area contributed by atoms with Crippen LogP contribution in [0.3, 0.4) is 0 Å². The molecule has 21 heavy (non-hydrogen) atoms. The molecular formula is C15H19BrN2O3. The van der Waals surface area contributed by atoms with Crippen molar-refractivity contribution < 1.29 is 14.7 Å². The molecule has 2 amide bonds. The van der Waals surface area contributed by atoms with Gasteiger partial charge >= 0.3 is 12.0 Å². The number of hydrogen-bond acceptors (Lipinski definition) is 2. The Kier molecular flexibility index (Phi) is 5.22. The average molecular weight is 355 g/mol. The summed E-state index contributed by atoms with van der Waals surface area (Å²) in [7, 11) is 0. The Morgan fingerprint density at radius 2 is 2.05 bits per heavy atom. The van der Waals surface area contributed by atoms with Crippen LogP contribution in [0.25, 0.3) is 0 Å². The fourth-order valence-electron chi connectivity index (χ4n) is 2.57. The lowest BCUT2D eigenvalue weighted by atomic mass is 9.66. The van der Waals surface area contributed by atoms with Gasteiger partial charge in [0.2, 0.25) is 0 Å². The number of rotatable bonds is 6. The molecule has 0 unspecified atom stereocenters. The van der Waals surface area contributed by atoms with Gasteiger partial charge in [-0.3, -0.25) is 4.79 Å². The van der Waals surface area contributed by atoms with Crippen molar-refractivity contribution in [2.24, 2.45) is 5.41 Å². The highest BCUT2D eigenvalue weighted by atomic mass is 79.9. The van der Waals surface area contributed by atoms with Crippen molar-refractivity contribution in [2.45, 2.75) is 32.2 Å². The molecule has 2 rings (SSSR count). The van der Waals surface area contributed by atoms with Gasteiger partial charge in [-0.15, -0.1) is 0 Å². The molecule has 1 aliphatic rings. The summed E-state index contributed by atoms with van der Waals surface area (Å²) in [6.45, 7) is 0.862. The van der Waals surface area contributed by atoms with Crippen molar-refractivity contribution in [1.82, 2.24) is 10.6 Å². The van der Waals surface area contributed by atoms with Crippen LogP contribution in [-0.2, 0) is 11.3 Å². The van der Waals surface area contributed by atoms with Gasteiger partial charge in [-0.1, -0.05) is 34.5 Å². The minimum absolute atomic E-state index is 0.124. The third-order valence-electron chi connectivity index (χ3n) is 3.91. The molecular weight excluding hydrogens is 336 g/mol. The number of urea groups is 1. The van der Waals surface area contributed by atoms with Crippen LogP contribution in [0.1, 0.15) is 31.2 Å². The van der Waals surface area contributed by atoms with Gasteiger partial charge in [0.1, 0.15) is 0 Å². The first-order valence-corrected chi connectivity index (χ1v) is 7.76. The first-order valence-electron chi connectivity index (χ1n) is 6.97. The number of amides is 2. The Morgan fingerprint density at radius 1 is 1.29 bits per heavy atom. The van der Waals surface area contributed by atoms with Crippen LogP contribution in [0.15, 0.2) is 28.7 Å². The minimum Gasteiger partial charge on any atom is -0.481 e. The molecule has 0 bridgehead atoms. The summed E-state index contributed by atoms with van der Waals surface area (Å²) in [5.74, 6) is -0.800. The standard InChI is InChI=1S/C15H19BrN2O3/c16-12-4-1-3-11(7-12)9-17-14(21)18-10-15(5-2-6-15)8-13(19)20/h1,3-4,7H,2,5-6,8-10H2,(H,19,20)(H2,17,18,21). The van der Waals surface area contributed by atoms with Crippen molar-refractivity contribution in [3.05, 3.63) is 34.3 Å². The van der Waals surface area contributed by atoms with E-state index in [0.717, 1.165) is 29.3 Å². The molecule has 0 atom stereocenters. The zero-order valence-corrected chi connectivity index (χ0v) is 13.3. The highest BCUT2D eigenvalue weighted by molar-refractivity contribution is 9.10. The smallest absolute Gasteiger partial charge is 0.315 e. The molecule has 1 fully saturated rings. The number of carboxylic acid groups (broad SMARTS) is 1. The number of nitrogens with one attached hydrogen (secondary N) is 2. The van der Waals surface area contributed by atoms with Gasteiger partial charge in [0.05, 0.1) is 6.42 Å². The lowest BCUT2D eigenvalue weighted by Gasteiger charge is -2.40. The molecule has 1 aromatic rings. The molecule has 1 aliphatic carbocycles. The van der Waals surface area contributed by atoms with Crippen LogP contribution >= 0.6 is 15.9 Å². The van der Waals surface area contributed by atoms with E-state index < -0.39 is 5.97 Å². The van der Waals surface area contributed by atoms with Gasteiger partial charge in [0.15, 0.2) is 0 Å². The van der Waals surface area contributed by atoms with Crippen LogP contribution < -0.4 is 10.6 Å². The maximum atomic E-state index is 11.8. The molecule has 0 aliphatic heterocycles. The number of benzene rings is 1. The summed E-state index contributed by atoms with van der Waals surface area (Å²) in [6, 6.07) is 7.46. The van der Waals surface area contributed by atoms with E-state index in [2.05, 4.69) is 26.6 Å². The average Bonchev–Trinajstić information content (AvgIpc) is 2.39. The zero-order valence-electron chi connectivity index (χ0n) is 11.7. The van der Waals surface area contributed by atoms with E-state index in [1.807, 2.05) is 24.3 Å². The third-order valence-corrected chi connectivity index (χ3v) is 4.40. The van der Waals surface area contributed by atoms with Gasteiger partial charge in [-0.2, -0.15) is 0 Å². The lowest BCUT2D eigenvalue weighted by Crippen LogP contribution is -2.46. The van der Waals surface area contributed by atoms with Crippen LogP contribution in [0, 0.1) is 5.41 Å². The van der Waals surface area contributed by atoms with E-state index in [4.69, 9.17) is 5.11 Å². The second-order valence-corrected chi connectivity index (χ2v) is 6.51. The Hall–Kier alpha value is -1.56. The van der Waals surface area contributed by atoms with Crippen LogP contribution in [0.5, 0.6) is 0 Å². The Balaban J connectivity index is 1.76.